The van der Waals surface area contributed by atoms with E-state index in [0.29, 0.717) is 13.2 Å². The Kier molecular flexibility index (Phi) is 11.0. The van der Waals surface area contributed by atoms with E-state index in [2.05, 4.69) is 10.0 Å². The predicted molar refractivity (Wildman–Crippen MR) is 130 cm³/mol. The van der Waals surface area contributed by atoms with E-state index in [1.54, 1.807) is 0 Å². The summed E-state index contributed by atoms with van der Waals surface area (Å²) in [5.41, 5.74) is 11.4. The molecule has 3 rings (SSSR count). The summed E-state index contributed by atoms with van der Waals surface area (Å²) in [5.74, 6) is 0. The van der Waals surface area contributed by atoms with E-state index in [4.69, 9.17) is 25.8 Å². The van der Waals surface area contributed by atoms with Crippen molar-refractivity contribution in [3.8, 4) is 0 Å². The lowest BCUT2D eigenvalue weighted by Crippen LogP contribution is -2.60. The van der Waals surface area contributed by atoms with Gasteiger partial charge in [0.25, 0.3) is 0 Å². The van der Waals surface area contributed by atoms with E-state index in [1.165, 1.54) is 11.1 Å². The zero-order valence-electron chi connectivity index (χ0n) is 20.6. The second-order valence-electron chi connectivity index (χ2n) is 8.27. The molecule has 0 amide bonds. The lowest BCUT2D eigenvalue weighted by molar-refractivity contribution is -0.268. The molecule has 1 fully saturated rings. The minimum absolute atomic E-state index is 0.0854. The van der Waals surface area contributed by atoms with Crippen LogP contribution in [0.5, 0.6) is 0 Å². The molecule has 1 saturated heterocycles. The molecule has 0 saturated carbocycles. The Morgan fingerprint density at radius 2 is 1.57 bits per heavy atom. The van der Waals surface area contributed by atoms with Gasteiger partial charge in [0.05, 0.1) is 12.7 Å². The molecule has 0 aromatic heterocycles. The molecule has 0 aliphatic carbocycles. The summed E-state index contributed by atoms with van der Waals surface area (Å²) < 4.78 is 30.3. The minimum Gasteiger partial charge on any atom is -0.375 e. The van der Waals surface area contributed by atoms with Crippen molar-refractivity contribution in [2.24, 2.45) is 5.11 Å². The summed E-state index contributed by atoms with van der Waals surface area (Å²) in [4.78, 5) is 13.9. The van der Waals surface area contributed by atoms with Crippen LogP contribution >= 0.6 is 0 Å². The maximum atomic E-state index is 11.0. The van der Waals surface area contributed by atoms with Crippen LogP contribution in [0.2, 0.25) is 0 Å². The van der Waals surface area contributed by atoms with E-state index in [9.17, 15) is 9.90 Å². The van der Waals surface area contributed by atoms with Gasteiger partial charge in [-0.1, -0.05) is 65.8 Å². The Morgan fingerprint density at radius 1 is 1.00 bits per heavy atom. The third-order valence-corrected chi connectivity index (χ3v) is 5.79. The number of aliphatic hydroxyl groups is 1. The average Bonchev–Trinajstić information content (AvgIpc) is 2.88. The fourth-order valence-corrected chi connectivity index (χ4v) is 4.11. The minimum atomic E-state index is -1.43. The first-order valence-corrected chi connectivity index (χ1v) is 11.8. The molecule has 1 aliphatic rings. The van der Waals surface area contributed by atoms with Crippen molar-refractivity contribution in [3.05, 3.63) is 82.2 Å². The number of benzene rings is 2. The average molecular weight is 485 g/mol. The number of aldehydes is 1. The molecule has 0 bridgehead atoms. The van der Waals surface area contributed by atoms with Gasteiger partial charge in [0.2, 0.25) is 0 Å². The van der Waals surface area contributed by atoms with Crippen molar-refractivity contribution in [3.63, 3.8) is 0 Å². The summed E-state index contributed by atoms with van der Waals surface area (Å²) in [6, 6.07) is 19.0. The molecule has 9 heteroatoms. The van der Waals surface area contributed by atoms with Gasteiger partial charge in [-0.05, 0) is 42.3 Å². The van der Waals surface area contributed by atoms with Gasteiger partial charge in [-0.15, -0.1) is 0 Å². The summed E-state index contributed by atoms with van der Waals surface area (Å²) >= 11 is 0. The highest BCUT2D eigenvalue weighted by Gasteiger charge is 2.46. The highest BCUT2D eigenvalue weighted by molar-refractivity contribution is 5.50. The van der Waals surface area contributed by atoms with Crippen LogP contribution < -0.4 is 0 Å². The van der Waals surface area contributed by atoms with E-state index < -0.39 is 43.5 Å². The number of rotatable bonds is 15. The van der Waals surface area contributed by atoms with Crippen molar-refractivity contribution in [1.29, 1.82) is 0 Å². The van der Waals surface area contributed by atoms with Gasteiger partial charge >= 0.3 is 0 Å². The number of ether oxygens (including phenoxy) is 4. The Balaban J connectivity index is 1.66. The SMILES string of the molecule is [2H]C(=O)COC[C@H]1OC(O)[C@H](N=[N+]=[N-])[C@@H](OCCCc2ccccc2)[C@@H]1OCCCc1ccccc1. The molecular formula is C26H33N3O6. The Bertz CT molecular complexity index is 961. The number of azide groups is 1. The van der Waals surface area contributed by atoms with E-state index in [0.717, 1.165) is 25.7 Å². The van der Waals surface area contributed by atoms with Crippen LogP contribution in [0.1, 0.15) is 25.3 Å². The van der Waals surface area contributed by atoms with E-state index in [-0.39, 0.29) is 6.61 Å². The van der Waals surface area contributed by atoms with Gasteiger partial charge in [-0.3, -0.25) is 0 Å². The second kappa shape index (κ2) is 15.3. The van der Waals surface area contributed by atoms with Gasteiger partial charge < -0.3 is 28.8 Å². The van der Waals surface area contributed by atoms with Crippen LogP contribution in [0, 0.1) is 0 Å². The van der Waals surface area contributed by atoms with Gasteiger partial charge in [-0.25, -0.2) is 0 Å². The third kappa shape index (κ3) is 8.74. The smallest absolute Gasteiger partial charge is 0.166 e. The van der Waals surface area contributed by atoms with Crippen molar-refractivity contribution >= 4 is 6.26 Å². The van der Waals surface area contributed by atoms with Crippen LogP contribution in [-0.4, -0.2) is 68.4 Å². The monoisotopic (exact) mass is 484 g/mol. The number of hydrogen-bond donors (Lipinski definition) is 1. The molecule has 1 aliphatic heterocycles. The predicted octanol–water partition coefficient (Wildman–Crippen LogP) is 3.63. The molecule has 0 spiro atoms. The van der Waals surface area contributed by atoms with Crippen LogP contribution in [0.25, 0.3) is 10.4 Å². The summed E-state index contributed by atoms with van der Waals surface area (Å²) in [7, 11) is 0. The number of carbonyl (C=O) groups is 1. The Labute approximate surface area is 207 Å². The van der Waals surface area contributed by atoms with E-state index >= 15 is 0 Å². The topological polar surface area (TPSA) is 123 Å². The van der Waals surface area contributed by atoms with Crippen LogP contribution in [0.4, 0.5) is 0 Å². The van der Waals surface area contributed by atoms with E-state index in [1.807, 2.05) is 60.7 Å². The normalized spacial score (nSPS) is 24.4. The molecule has 0 radical (unpaired) electrons. The lowest BCUT2D eigenvalue weighted by atomic mass is 9.96. The van der Waals surface area contributed by atoms with Crippen molar-refractivity contribution < 1.29 is 30.2 Å². The fourth-order valence-electron chi connectivity index (χ4n) is 4.11. The molecule has 1 heterocycles. The lowest BCUT2D eigenvalue weighted by Gasteiger charge is -2.43. The molecule has 2 aromatic carbocycles. The number of aliphatic hydroxyl groups excluding tert-OH is 1. The summed E-state index contributed by atoms with van der Waals surface area (Å²) in [5, 5.41) is 14.3. The number of nitrogens with zero attached hydrogens (tertiary/aromatic N) is 3. The standard InChI is InChI=1S/C26H33N3O6/c27-29-28-23-25(34-17-8-14-21-11-5-2-6-12-21)24(22(35-26(23)31)19-32-18-15-30)33-16-7-13-20-9-3-1-4-10-20/h1-6,9-12,15,22-26,31H,7-8,13-14,16-19H2/t22-,23-,24-,25-,26?/m1/s1/i15D. The molecular weight excluding hydrogens is 450 g/mol. The zero-order valence-corrected chi connectivity index (χ0v) is 19.6. The molecule has 9 nitrogen and oxygen atoms in total. The molecule has 1 N–H and O–H groups in total. The number of aryl methyl sites for hydroxylation is 2. The van der Waals surface area contributed by atoms with Gasteiger partial charge in [0, 0.05) is 18.1 Å². The third-order valence-electron chi connectivity index (χ3n) is 5.79. The second-order valence-corrected chi connectivity index (χ2v) is 8.27. The zero-order chi connectivity index (χ0) is 25.6. The molecule has 2 aromatic rings. The van der Waals surface area contributed by atoms with Crippen LogP contribution in [0.15, 0.2) is 65.8 Å². The Hall–Kier alpha value is -2.78. The molecule has 1 unspecified atom stereocenters. The number of hydrogen-bond acceptors (Lipinski definition) is 7. The van der Waals surface area contributed by atoms with Gasteiger partial charge in [-0.2, -0.15) is 0 Å². The highest BCUT2D eigenvalue weighted by Crippen LogP contribution is 2.28. The van der Waals surface area contributed by atoms with Gasteiger partial charge in [0.15, 0.2) is 6.29 Å². The quantitative estimate of drug-likeness (QED) is 0.135. The fraction of sp³-hybridized carbons (Fsp3) is 0.500. The molecule has 188 valence electrons. The van der Waals surface area contributed by atoms with Crippen molar-refractivity contribution in [2.75, 3.05) is 26.4 Å². The maximum absolute atomic E-state index is 11.0. The molecule has 5 atom stereocenters. The van der Waals surface area contributed by atoms with Gasteiger partial charge in [0.1, 0.15) is 32.5 Å². The van der Waals surface area contributed by atoms with Crippen molar-refractivity contribution in [2.45, 2.75) is 56.3 Å². The highest BCUT2D eigenvalue weighted by atomic mass is 16.7. The Morgan fingerprint density at radius 3 is 2.11 bits per heavy atom. The largest absolute Gasteiger partial charge is 0.375 e. The van der Waals surface area contributed by atoms with Crippen molar-refractivity contribution in [1.82, 2.24) is 0 Å². The van der Waals surface area contributed by atoms with Crippen LogP contribution in [0.3, 0.4) is 0 Å². The maximum Gasteiger partial charge on any atom is 0.166 e. The summed E-state index contributed by atoms with van der Waals surface area (Å²) in [6.07, 6.45) is -1.50. The first kappa shape index (κ1) is 25.3. The van der Waals surface area contributed by atoms with Crippen LogP contribution in [-0.2, 0) is 36.6 Å². The first-order chi connectivity index (χ1) is 17.6. The first-order valence-electron chi connectivity index (χ1n) is 12.3. The number of carbonyl (C=O) groups excluding carboxylic acids is 1. The molecule has 35 heavy (non-hydrogen) atoms. The summed E-state index contributed by atoms with van der Waals surface area (Å²) in [6.45, 7) is 0.239.